The summed E-state index contributed by atoms with van der Waals surface area (Å²) in [7, 11) is 1.56. The van der Waals surface area contributed by atoms with Gasteiger partial charge in [0.05, 0.1) is 25.4 Å². The van der Waals surface area contributed by atoms with Crippen LogP contribution in [0.2, 0.25) is 0 Å². The zero-order valence-electron chi connectivity index (χ0n) is 17.3. The van der Waals surface area contributed by atoms with Crippen molar-refractivity contribution in [1.82, 2.24) is 10.2 Å². The lowest BCUT2D eigenvalue weighted by atomic mass is 9.54. The number of carbonyl (C=O) groups is 2. The summed E-state index contributed by atoms with van der Waals surface area (Å²) < 4.78 is 16.6. The van der Waals surface area contributed by atoms with E-state index in [1.165, 1.54) is 4.90 Å². The van der Waals surface area contributed by atoms with Crippen LogP contribution in [-0.2, 0) is 14.3 Å². The molecule has 0 unspecified atom stereocenters. The van der Waals surface area contributed by atoms with Gasteiger partial charge in [-0.05, 0) is 31.5 Å². The number of amides is 3. The molecule has 7 heteroatoms. The number of urea groups is 1. The van der Waals surface area contributed by atoms with Crippen molar-refractivity contribution in [2.24, 2.45) is 5.41 Å². The van der Waals surface area contributed by atoms with Crippen molar-refractivity contribution in [2.45, 2.75) is 51.8 Å². The second kappa shape index (κ2) is 7.72. The molecule has 7 nitrogen and oxygen atoms in total. The molecule has 1 spiro atoms. The maximum Gasteiger partial charge on any atom is 0.325 e. The SMILES string of the molecule is CCOc1ccc([C@H](COC)N2C(=O)N[C@@]3(C[C@H](OCC)C3(C)C)C2=O)cc1. The van der Waals surface area contributed by atoms with Crippen LogP contribution in [0.5, 0.6) is 5.75 Å². The maximum atomic E-state index is 13.5. The van der Waals surface area contributed by atoms with E-state index in [4.69, 9.17) is 14.2 Å². The van der Waals surface area contributed by atoms with Gasteiger partial charge in [0, 0.05) is 25.6 Å². The van der Waals surface area contributed by atoms with E-state index in [9.17, 15) is 9.59 Å². The summed E-state index contributed by atoms with van der Waals surface area (Å²) in [5, 5.41) is 2.96. The van der Waals surface area contributed by atoms with Gasteiger partial charge in [0.1, 0.15) is 11.3 Å². The average molecular weight is 390 g/mol. The van der Waals surface area contributed by atoms with Crippen LogP contribution in [0.1, 0.15) is 45.7 Å². The fourth-order valence-electron chi connectivity index (χ4n) is 4.29. The number of nitrogens with one attached hydrogen (secondary N) is 1. The van der Waals surface area contributed by atoms with Gasteiger partial charge in [0.25, 0.3) is 5.91 Å². The Bertz CT molecular complexity index is 733. The third-order valence-corrected chi connectivity index (χ3v) is 6.10. The van der Waals surface area contributed by atoms with Crippen LogP contribution >= 0.6 is 0 Å². The molecule has 1 aromatic rings. The Morgan fingerprint density at radius 3 is 2.39 bits per heavy atom. The molecule has 3 rings (SSSR count). The van der Waals surface area contributed by atoms with E-state index < -0.39 is 17.0 Å². The topological polar surface area (TPSA) is 77.1 Å². The van der Waals surface area contributed by atoms with Gasteiger partial charge in [0.15, 0.2) is 0 Å². The van der Waals surface area contributed by atoms with Crippen LogP contribution in [0, 0.1) is 5.41 Å². The number of ether oxygens (including phenoxy) is 3. The zero-order valence-corrected chi connectivity index (χ0v) is 17.3. The molecule has 1 aliphatic carbocycles. The maximum absolute atomic E-state index is 13.5. The van der Waals surface area contributed by atoms with Crippen molar-refractivity contribution < 1.29 is 23.8 Å². The van der Waals surface area contributed by atoms with Gasteiger partial charge in [-0.25, -0.2) is 4.79 Å². The summed E-state index contributed by atoms with van der Waals surface area (Å²) >= 11 is 0. The number of methoxy groups -OCH3 is 1. The minimum Gasteiger partial charge on any atom is -0.494 e. The van der Waals surface area contributed by atoms with Crippen LogP contribution in [0.3, 0.4) is 0 Å². The van der Waals surface area contributed by atoms with Gasteiger partial charge >= 0.3 is 6.03 Å². The highest BCUT2D eigenvalue weighted by atomic mass is 16.5. The molecule has 1 aliphatic heterocycles. The Kier molecular flexibility index (Phi) is 5.68. The predicted molar refractivity (Wildman–Crippen MR) is 104 cm³/mol. The third kappa shape index (κ3) is 3.06. The van der Waals surface area contributed by atoms with Crippen molar-refractivity contribution in [1.29, 1.82) is 0 Å². The molecule has 3 atom stereocenters. The normalized spacial score (nSPS) is 26.9. The molecule has 0 aromatic heterocycles. The van der Waals surface area contributed by atoms with Crippen LogP contribution in [0.4, 0.5) is 4.79 Å². The number of imide groups is 1. The van der Waals surface area contributed by atoms with Gasteiger partial charge in [-0.2, -0.15) is 0 Å². The first-order chi connectivity index (χ1) is 13.3. The molecular formula is C21H30N2O5. The van der Waals surface area contributed by atoms with Crippen molar-refractivity contribution in [3.63, 3.8) is 0 Å². The lowest BCUT2D eigenvalue weighted by molar-refractivity contribution is -0.176. The number of nitrogens with zero attached hydrogens (tertiary/aromatic N) is 1. The molecule has 154 valence electrons. The molecule has 1 saturated carbocycles. The number of carbonyl (C=O) groups excluding carboxylic acids is 2. The molecule has 1 saturated heterocycles. The first kappa shape index (κ1) is 20.6. The fourth-order valence-corrected chi connectivity index (χ4v) is 4.29. The Hall–Kier alpha value is -2.12. The molecule has 2 aliphatic rings. The van der Waals surface area contributed by atoms with E-state index in [1.54, 1.807) is 7.11 Å². The smallest absolute Gasteiger partial charge is 0.325 e. The minimum atomic E-state index is -0.929. The van der Waals surface area contributed by atoms with Gasteiger partial charge in [-0.15, -0.1) is 0 Å². The third-order valence-electron chi connectivity index (χ3n) is 6.10. The van der Waals surface area contributed by atoms with Crippen LogP contribution in [-0.4, -0.2) is 55.4 Å². The van der Waals surface area contributed by atoms with Crippen molar-refractivity contribution in [3.05, 3.63) is 29.8 Å². The summed E-state index contributed by atoms with van der Waals surface area (Å²) in [6, 6.07) is 6.53. The minimum absolute atomic E-state index is 0.0620. The highest BCUT2D eigenvalue weighted by Crippen LogP contribution is 2.54. The van der Waals surface area contributed by atoms with Crippen LogP contribution in [0.25, 0.3) is 0 Å². The van der Waals surface area contributed by atoms with Gasteiger partial charge < -0.3 is 19.5 Å². The van der Waals surface area contributed by atoms with E-state index in [0.29, 0.717) is 19.6 Å². The summed E-state index contributed by atoms with van der Waals surface area (Å²) in [4.78, 5) is 27.6. The molecule has 0 bridgehead atoms. The van der Waals surface area contributed by atoms with E-state index >= 15 is 0 Å². The van der Waals surface area contributed by atoms with Crippen molar-refractivity contribution >= 4 is 11.9 Å². The summed E-state index contributed by atoms with van der Waals surface area (Å²) in [5.41, 5.74) is -0.591. The Balaban J connectivity index is 1.88. The van der Waals surface area contributed by atoms with Crippen molar-refractivity contribution in [3.8, 4) is 5.75 Å². The molecule has 1 N–H and O–H groups in total. The standard InChI is InChI=1S/C21H30N2O5/c1-6-27-15-10-8-14(9-11-15)16(13-26-5)23-18(24)21(22-19(23)25)12-17(28-7-2)20(21,3)4/h8-11,16-17H,6-7,12-13H2,1-5H3,(H,22,25)/t16-,17-,21-/m0/s1. The van der Waals surface area contributed by atoms with E-state index in [2.05, 4.69) is 5.32 Å². The number of hydrogen-bond acceptors (Lipinski definition) is 5. The summed E-state index contributed by atoms with van der Waals surface area (Å²) in [6.45, 7) is 9.17. The molecule has 2 fully saturated rings. The van der Waals surface area contributed by atoms with Gasteiger partial charge in [-0.1, -0.05) is 26.0 Å². The molecule has 1 aromatic carbocycles. The first-order valence-electron chi connectivity index (χ1n) is 9.81. The highest BCUT2D eigenvalue weighted by molar-refractivity contribution is 6.09. The lowest BCUT2D eigenvalue weighted by Gasteiger charge is -2.57. The van der Waals surface area contributed by atoms with E-state index in [0.717, 1.165) is 11.3 Å². The lowest BCUT2D eigenvalue weighted by Crippen LogP contribution is -2.73. The molecule has 0 radical (unpaired) electrons. The summed E-state index contributed by atoms with van der Waals surface area (Å²) in [6.07, 6.45) is 0.422. The largest absolute Gasteiger partial charge is 0.494 e. The molecule has 1 heterocycles. The number of rotatable bonds is 8. The van der Waals surface area contributed by atoms with Crippen LogP contribution < -0.4 is 10.1 Å². The number of hydrogen-bond donors (Lipinski definition) is 1. The van der Waals surface area contributed by atoms with Gasteiger partial charge in [-0.3, -0.25) is 9.69 Å². The van der Waals surface area contributed by atoms with E-state index in [-0.39, 0.29) is 24.6 Å². The monoisotopic (exact) mass is 390 g/mol. The Labute approximate surface area is 166 Å². The van der Waals surface area contributed by atoms with Gasteiger partial charge in [0.2, 0.25) is 0 Å². The summed E-state index contributed by atoms with van der Waals surface area (Å²) in [5.74, 6) is 0.533. The van der Waals surface area contributed by atoms with E-state index in [1.807, 2.05) is 52.0 Å². The first-order valence-corrected chi connectivity index (χ1v) is 9.81. The Morgan fingerprint density at radius 1 is 1.18 bits per heavy atom. The Morgan fingerprint density at radius 2 is 1.86 bits per heavy atom. The molecule has 3 amide bonds. The second-order valence-electron chi connectivity index (χ2n) is 7.85. The van der Waals surface area contributed by atoms with Crippen LogP contribution in [0.15, 0.2) is 24.3 Å². The average Bonchev–Trinajstić information content (AvgIpc) is 2.93. The molecule has 28 heavy (non-hydrogen) atoms. The molecular weight excluding hydrogens is 360 g/mol. The zero-order chi connectivity index (χ0) is 20.5. The second-order valence-corrected chi connectivity index (χ2v) is 7.85. The van der Waals surface area contributed by atoms with Crippen molar-refractivity contribution in [2.75, 3.05) is 26.9 Å². The quantitative estimate of drug-likeness (QED) is 0.691. The highest BCUT2D eigenvalue weighted by Gasteiger charge is 2.71. The fraction of sp³-hybridized carbons (Fsp3) is 0.619. The number of benzene rings is 1. The predicted octanol–water partition coefficient (Wildman–Crippen LogP) is 2.90.